The van der Waals surface area contributed by atoms with E-state index in [1.807, 2.05) is 18.3 Å². The minimum atomic E-state index is -0.0415. The van der Waals surface area contributed by atoms with Crippen LogP contribution in [0.3, 0.4) is 0 Å². The molecule has 0 fully saturated rings. The van der Waals surface area contributed by atoms with E-state index in [0.717, 1.165) is 105 Å². The van der Waals surface area contributed by atoms with Crippen LogP contribution in [-0.2, 0) is 26.5 Å². The summed E-state index contributed by atoms with van der Waals surface area (Å²) >= 11 is 0. The van der Waals surface area contributed by atoms with E-state index in [4.69, 9.17) is 19.4 Å². The largest absolute Gasteiger partial charge is 2.00 e. The van der Waals surface area contributed by atoms with E-state index < -0.39 is 0 Å². The fraction of sp³-hybridized carbons (Fsp3) is 0.172. The van der Waals surface area contributed by atoms with Crippen LogP contribution in [-0.4, -0.2) is 19.1 Å². The first-order valence-electron chi connectivity index (χ1n) is 22.4. The Kier molecular flexibility index (Phi) is 9.57. The number of nitrogens with zero attached hydrogens (tertiary/aromatic N) is 5. The number of hydrogen-bond acceptors (Lipinski definition) is 3. The Morgan fingerprint density at radius 1 is 0.631 bits per heavy atom. The van der Waals surface area contributed by atoms with Gasteiger partial charge in [-0.2, -0.15) is 0 Å². The van der Waals surface area contributed by atoms with Gasteiger partial charge in [-0.05, 0) is 98.8 Å². The molecule has 0 aliphatic rings. The number of aromatic nitrogens is 5. The van der Waals surface area contributed by atoms with Crippen molar-refractivity contribution in [3.05, 3.63) is 168 Å². The SMILES string of the molecule is CC(C)c1cc2c3ccc(-c4cccc5c4nc(-c4cc6c7ccccc7oc6c6c4[n-]c4ccc(C(C)(C)C)cc46)n5-c4ccccc4)[c-]c3n(-c3ccccn3)c2cc1C(C)C.[Pt+2]. The van der Waals surface area contributed by atoms with Crippen LogP contribution in [0.15, 0.2) is 150 Å². The standard InChI is InChI=1S/C58H47N5O.Pt/c1-33(2)41-30-43-39-25-23-35(28-49(39)63(52-22-13-14-27-59-52)50(43)32-42(41)34(3)4)38-19-15-20-48-54(38)61-57(62(48)37-16-9-8-10-17-37)46-31-44-40-18-11-12-21-51(40)64-56(44)53-45-29-36(58(5,6)7)24-26-47(45)60-55(46)53;/h8-27,29-34H,1-7H3;/q-2;+2. The van der Waals surface area contributed by atoms with Crippen LogP contribution < -0.4 is 4.98 Å². The first kappa shape index (κ1) is 41.0. The molecule has 12 rings (SSSR count). The van der Waals surface area contributed by atoms with Crippen LogP contribution in [0.25, 0.3) is 111 Å². The number of para-hydroxylation sites is 3. The summed E-state index contributed by atoms with van der Waals surface area (Å²) in [6, 6.07) is 53.7. The van der Waals surface area contributed by atoms with Gasteiger partial charge in [-0.3, -0.25) is 4.57 Å². The van der Waals surface area contributed by atoms with Crippen LogP contribution in [0.4, 0.5) is 0 Å². The second-order valence-electron chi connectivity index (χ2n) is 19.0. The Morgan fingerprint density at radius 2 is 1.40 bits per heavy atom. The summed E-state index contributed by atoms with van der Waals surface area (Å²) in [6.45, 7) is 15.9. The molecule has 320 valence electrons. The van der Waals surface area contributed by atoms with Crippen LogP contribution in [0.2, 0.25) is 0 Å². The quantitative estimate of drug-likeness (QED) is 0.156. The minimum Gasteiger partial charge on any atom is -0.656 e. The molecule has 0 amide bonds. The monoisotopic (exact) mass is 1020 g/mol. The average molecular weight is 1030 g/mol. The van der Waals surface area contributed by atoms with E-state index in [1.165, 1.54) is 22.1 Å². The van der Waals surface area contributed by atoms with Gasteiger partial charge in [-0.1, -0.05) is 138 Å². The van der Waals surface area contributed by atoms with E-state index in [-0.39, 0.29) is 26.5 Å². The van der Waals surface area contributed by atoms with Crippen molar-refractivity contribution in [1.29, 1.82) is 0 Å². The molecule has 7 heteroatoms. The maximum absolute atomic E-state index is 6.76. The van der Waals surface area contributed by atoms with Gasteiger partial charge in [0.2, 0.25) is 0 Å². The van der Waals surface area contributed by atoms with Crippen LogP contribution >= 0.6 is 0 Å². The molecule has 0 radical (unpaired) electrons. The van der Waals surface area contributed by atoms with Gasteiger partial charge in [0.15, 0.2) is 0 Å². The molecule has 0 saturated heterocycles. The first-order valence-corrected chi connectivity index (χ1v) is 22.4. The summed E-state index contributed by atoms with van der Waals surface area (Å²) in [6.07, 6.45) is 1.87. The predicted molar refractivity (Wildman–Crippen MR) is 265 cm³/mol. The average Bonchev–Trinajstić information content (AvgIpc) is 4.07. The van der Waals surface area contributed by atoms with Gasteiger partial charge in [-0.15, -0.1) is 34.8 Å². The maximum atomic E-state index is 6.76. The minimum absolute atomic E-state index is 0. The van der Waals surface area contributed by atoms with Crippen LogP contribution in [0.5, 0.6) is 0 Å². The van der Waals surface area contributed by atoms with Gasteiger partial charge >= 0.3 is 21.1 Å². The molecule has 5 heterocycles. The molecule has 0 unspecified atom stereocenters. The number of imidazole rings is 1. The van der Waals surface area contributed by atoms with E-state index in [2.05, 4.69) is 191 Å². The van der Waals surface area contributed by atoms with Crippen molar-refractivity contribution in [3.8, 4) is 34.0 Å². The molecule has 0 saturated carbocycles. The number of furan rings is 1. The van der Waals surface area contributed by atoms with Crippen molar-refractivity contribution >= 4 is 76.6 Å². The van der Waals surface area contributed by atoms with Gasteiger partial charge in [0, 0.05) is 39.1 Å². The van der Waals surface area contributed by atoms with E-state index in [0.29, 0.717) is 11.8 Å². The molecule has 7 aromatic carbocycles. The molecule has 12 aromatic rings. The topological polar surface area (TPSA) is 62.9 Å². The molecule has 0 aliphatic heterocycles. The molecule has 0 bridgehead atoms. The normalized spacial score (nSPS) is 12.4. The van der Waals surface area contributed by atoms with E-state index in [9.17, 15) is 0 Å². The summed E-state index contributed by atoms with van der Waals surface area (Å²) in [5, 5.41) is 6.57. The van der Waals surface area contributed by atoms with E-state index in [1.54, 1.807) is 0 Å². The van der Waals surface area contributed by atoms with Gasteiger partial charge < -0.3 is 14.0 Å². The Bertz CT molecular complexity index is 3820. The Balaban J connectivity index is 0.00000469. The summed E-state index contributed by atoms with van der Waals surface area (Å²) in [5.74, 6) is 2.45. The van der Waals surface area contributed by atoms with Crippen molar-refractivity contribution < 1.29 is 25.5 Å². The van der Waals surface area contributed by atoms with Crippen LogP contribution in [0, 0.1) is 6.07 Å². The zero-order valence-corrected chi connectivity index (χ0v) is 39.7. The summed E-state index contributed by atoms with van der Waals surface area (Å²) in [4.78, 5) is 16.0. The molecule has 0 aliphatic carbocycles. The maximum Gasteiger partial charge on any atom is 2.00 e. The van der Waals surface area contributed by atoms with Gasteiger partial charge in [0.25, 0.3) is 0 Å². The smallest absolute Gasteiger partial charge is 0.656 e. The third-order valence-electron chi connectivity index (χ3n) is 13.2. The predicted octanol–water partition coefficient (Wildman–Crippen LogP) is 15.4. The number of hydrogen-bond donors (Lipinski definition) is 0. The number of pyridine rings is 1. The fourth-order valence-electron chi connectivity index (χ4n) is 10.0. The Labute approximate surface area is 392 Å². The van der Waals surface area contributed by atoms with Gasteiger partial charge in [0.05, 0.1) is 11.0 Å². The molecular formula is C58H47N5OPt. The number of fused-ring (bicyclic) bond motifs is 11. The third-order valence-corrected chi connectivity index (χ3v) is 13.2. The number of rotatable bonds is 6. The van der Waals surface area contributed by atoms with Gasteiger partial charge in [-0.25, -0.2) is 9.97 Å². The summed E-state index contributed by atoms with van der Waals surface area (Å²) in [5.41, 5.74) is 15.4. The fourth-order valence-corrected chi connectivity index (χ4v) is 10.0. The molecular weight excluding hydrogens is 978 g/mol. The second kappa shape index (κ2) is 15.2. The summed E-state index contributed by atoms with van der Waals surface area (Å²) < 4.78 is 11.3. The molecule has 65 heavy (non-hydrogen) atoms. The van der Waals surface area contributed by atoms with Crippen LogP contribution in [0.1, 0.15) is 77.0 Å². The van der Waals surface area contributed by atoms with Crippen molar-refractivity contribution in [2.24, 2.45) is 0 Å². The molecule has 5 aromatic heterocycles. The zero-order chi connectivity index (χ0) is 43.6. The molecule has 0 atom stereocenters. The van der Waals surface area contributed by atoms with Crippen molar-refractivity contribution in [2.75, 3.05) is 0 Å². The van der Waals surface area contributed by atoms with Gasteiger partial charge in [0.1, 0.15) is 22.8 Å². The molecule has 6 nitrogen and oxygen atoms in total. The second-order valence-corrected chi connectivity index (χ2v) is 19.0. The van der Waals surface area contributed by atoms with Crippen molar-refractivity contribution in [2.45, 2.75) is 65.7 Å². The Hall–Kier alpha value is -6.75. The molecule has 0 spiro atoms. The summed E-state index contributed by atoms with van der Waals surface area (Å²) in [7, 11) is 0. The third kappa shape index (κ3) is 6.32. The van der Waals surface area contributed by atoms with Crippen molar-refractivity contribution in [1.82, 2.24) is 24.1 Å². The Morgan fingerprint density at radius 3 is 2.17 bits per heavy atom. The van der Waals surface area contributed by atoms with E-state index >= 15 is 0 Å². The first-order chi connectivity index (χ1) is 31.0. The number of benzene rings is 7. The zero-order valence-electron chi connectivity index (χ0n) is 37.5. The molecule has 0 N–H and O–H groups in total. The van der Waals surface area contributed by atoms with Crippen molar-refractivity contribution in [3.63, 3.8) is 0 Å².